The van der Waals surface area contributed by atoms with Crippen molar-refractivity contribution in [1.82, 2.24) is 86.4 Å². The van der Waals surface area contributed by atoms with Crippen LogP contribution < -0.4 is 28.2 Å². The molecule has 13 amide bonds. The zero-order chi connectivity index (χ0) is 90.5. The van der Waals surface area contributed by atoms with Crippen molar-refractivity contribution in [2.45, 2.75) is 141 Å². The summed E-state index contributed by atoms with van der Waals surface area (Å²) >= 11 is 0. The van der Waals surface area contributed by atoms with Crippen LogP contribution in [0.25, 0.3) is 22.2 Å². The molecule has 654 valence electrons. The molecule has 9 heterocycles. The third kappa shape index (κ3) is 27.1. The molecule has 10 rings (SSSR count). The molecule has 0 aliphatic carbocycles. The second-order valence-electron chi connectivity index (χ2n) is 26.9. The van der Waals surface area contributed by atoms with Gasteiger partial charge in [-0.2, -0.15) is 0 Å². The third-order valence-corrected chi connectivity index (χ3v) is 17.7. The fraction of sp³-hybridized carbons (Fsp3) is 0.535. The van der Waals surface area contributed by atoms with Crippen LogP contribution in [0.3, 0.4) is 0 Å². The van der Waals surface area contributed by atoms with Crippen LogP contribution in [0.4, 0.5) is 19.2 Å². The summed E-state index contributed by atoms with van der Waals surface area (Å²) in [5, 5.41) is 68.6. The van der Waals surface area contributed by atoms with Gasteiger partial charge in [-0.15, -0.1) is 0 Å². The van der Waals surface area contributed by atoms with E-state index in [2.05, 4.69) is 9.97 Å². The number of carboxylic acids is 8. The van der Waals surface area contributed by atoms with Crippen molar-refractivity contribution in [3.05, 3.63) is 94.5 Å². The van der Waals surface area contributed by atoms with Gasteiger partial charge in [0, 0.05) is 103 Å². The highest BCUT2D eigenvalue weighted by atomic mass is 16.4. The van der Waals surface area contributed by atoms with Gasteiger partial charge < -0.3 is 84.7 Å². The molecular formula is C71H100N18O30. The number of piperazine rings is 1. The lowest BCUT2D eigenvalue weighted by molar-refractivity contribution is -0.150. The Hall–Kier alpha value is -13.9. The smallest absolute Gasteiger partial charge is 0.333 e. The van der Waals surface area contributed by atoms with Crippen LogP contribution in [0, 0.1) is 12.8 Å². The first-order valence-corrected chi connectivity index (χ1v) is 37.0. The van der Waals surface area contributed by atoms with E-state index in [0.29, 0.717) is 93.4 Å². The maximum Gasteiger partial charge on any atom is 0.333 e. The van der Waals surface area contributed by atoms with E-state index in [1.807, 2.05) is 32.9 Å². The number of nitrogens with zero attached hydrogens (tertiary/aromatic N) is 17. The number of aromatic nitrogens is 8. The number of H-pyrrole nitrogens is 1. The number of carbonyl (C=O) groups is 17. The second-order valence-corrected chi connectivity index (χ2v) is 26.9. The van der Waals surface area contributed by atoms with E-state index < -0.39 is 132 Å². The van der Waals surface area contributed by atoms with Crippen molar-refractivity contribution < 1.29 is 122 Å². The van der Waals surface area contributed by atoms with Crippen molar-refractivity contribution >= 4 is 124 Å². The number of nitrogens with one attached hydrogen (secondary N) is 1. The fourth-order valence-electron chi connectivity index (χ4n) is 12.1. The molecule has 5 aliphatic rings. The maximum absolute atomic E-state index is 11.9. The van der Waals surface area contributed by atoms with E-state index >= 15 is 0 Å². The zero-order valence-corrected chi connectivity index (χ0v) is 67.7. The van der Waals surface area contributed by atoms with Crippen LogP contribution in [0.5, 0.6) is 0 Å². The Morgan fingerprint density at radius 2 is 0.899 bits per heavy atom. The predicted octanol–water partition coefficient (Wildman–Crippen LogP) is -1.83. The normalized spacial score (nSPS) is 14.8. The Labute approximate surface area is 675 Å². The highest BCUT2D eigenvalue weighted by Gasteiger charge is 2.51. The zero-order valence-electron chi connectivity index (χ0n) is 67.7. The number of carboxylic acid groups (broad SMARTS) is 8. The van der Waals surface area contributed by atoms with Gasteiger partial charge in [0.15, 0.2) is 5.65 Å². The Balaban J connectivity index is 0.000000352. The molecule has 48 heteroatoms. The molecule has 48 nitrogen and oxygen atoms in total. The first-order valence-electron chi connectivity index (χ1n) is 37.0. The van der Waals surface area contributed by atoms with E-state index in [0.717, 1.165) is 29.7 Å². The van der Waals surface area contributed by atoms with E-state index in [9.17, 15) is 105 Å². The number of amides is 13. The molecule has 119 heavy (non-hydrogen) atoms. The minimum atomic E-state index is -1.24. The molecule has 0 unspecified atom stereocenters. The van der Waals surface area contributed by atoms with Crippen LogP contribution in [-0.2, 0) is 102 Å². The number of urea groups is 4. The largest absolute Gasteiger partial charge is 0.480 e. The molecule has 0 saturated carbocycles. The molecule has 0 spiro atoms. The Bertz CT molecular complexity index is 4950. The molecule has 1 aromatic carbocycles. The lowest BCUT2D eigenvalue weighted by Crippen LogP contribution is -2.53. The molecule has 0 radical (unpaired) electrons. The summed E-state index contributed by atoms with van der Waals surface area (Å²) in [6, 6.07) is 5.49. The Kier molecular flexibility index (Phi) is 37.9. The summed E-state index contributed by atoms with van der Waals surface area (Å²) < 4.78 is 6.79. The van der Waals surface area contributed by atoms with Crippen molar-refractivity contribution in [3.8, 4) is 0 Å². The second kappa shape index (κ2) is 45.4. The monoisotopic (exact) mass is 1680 g/mol. The predicted molar refractivity (Wildman–Crippen MR) is 412 cm³/mol. The van der Waals surface area contributed by atoms with Crippen LogP contribution >= 0.6 is 0 Å². The molecule has 5 fully saturated rings. The van der Waals surface area contributed by atoms with Gasteiger partial charge in [0.05, 0.1) is 23.9 Å². The minimum absolute atomic E-state index is 0.0000463. The van der Waals surface area contributed by atoms with E-state index in [1.165, 1.54) is 50.7 Å². The molecule has 0 bridgehead atoms. The molecular weight excluding hydrogens is 1580 g/mol. The first kappa shape index (κ1) is 99.3. The highest BCUT2D eigenvalue weighted by Crippen LogP contribution is 2.27. The SMILES string of the molecule is CC(C)CN1CCN(CC(=O)O)C1=O.CCC(=O)N1CCN(CC(=O)O)C(=O)C1.CCN1C(=O)CCN(CC(=O)O)C1=O.CCN1C(=O)N(CC(=O)O)C(=O)C1(C)C.CCN1CC(=O)N(CC(=O)O)C1=O.CCn1c(=O)n(CC(=O)O)c(=O)c2[nH]cnc21.CCn1c(=O)n(CC(=O)O)c2ccccc21.CCn1cc(C)c(=O)n(CC(=O)O)c1=O. The lowest BCUT2D eigenvalue weighted by atomic mass is 10.0. The van der Waals surface area contributed by atoms with Crippen molar-refractivity contribution in [3.63, 3.8) is 0 Å². The number of likely N-dealkylation sites (N-methyl/N-ethyl adjacent to an activating group) is 2. The van der Waals surface area contributed by atoms with Crippen LogP contribution in [0.1, 0.15) is 94.6 Å². The number of para-hydroxylation sites is 2. The number of hydrogen-bond acceptors (Lipinski definition) is 23. The average molecular weight is 1690 g/mol. The summed E-state index contributed by atoms with van der Waals surface area (Å²) in [4.78, 5) is 264. The van der Waals surface area contributed by atoms with Crippen LogP contribution in [0.15, 0.2) is 60.8 Å². The van der Waals surface area contributed by atoms with Crippen molar-refractivity contribution in [2.24, 2.45) is 5.92 Å². The van der Waals surface area contributed by atoms with Gasteiger partial charge in [-0.1, -0.05) is 32.9 Å². The molecule has 5 aliphatic heterocycles. The number of rotatable bonds is 25. The molecule has 0 atom stereocenters. The van der Waals surface area contributed by atoms with E-state index in [1.54, 1.807) is 83.9 Å². The van der Waals surface area contributed by atoms with Gasteiger partial charge in [-0.25, -0.2) is 47.7 Å². The van der Waals surface area contributed by atoms with Crippen molar-refractivity contribution in [2.75, 3.05) is 105 Å². The number of imidazole rings is 2. The summed E-state index contributed by atoms with van der Waals surface area (Å²) in [6.45, 7) is 22.7. The molecule has 5 aromatic rings. The number of benzene rings is 1. The number of hydrogen-bond donors (Lipinski definition) is 9. The number of fused-ring (bicyclic) bond motifs is 2. The molecule has 5 saturated heterocycles. The van der Waals surface area contributed by atoms with Gasteiger partial charge in [-0.3, -0.25) is 100 Å². The molecule has 9 N–H and O–H groups in total. The summed E-state index contributed by atoms with van der Waals surface area (Å²) in [6.07, 6.45) is 3.30. The van der Waals surface area contributed by atoms with Gasteiger partial charge >= 0.3 is 88.9 Å². The van der Waals surface area contributed by atoms with Crippen LogP contribution in [-0.4, -0.2) is 339 Å². The van der Waals surface area contributed by atoms with E-state index in [-0.39, 0.29) is 99.4 Å². The summed E-state index contributed by atoms with van der Waals surface area (Å²) in [7, 11) is 0. The fourth-order valence-corrected chi connectivity index (χ4v) is 12.1. The van der Waals surface area contributed by atoms with Gasteiger partial charge in [0.2, 0.25) is 17.7 Å². The summed E-state index contributed by atoms with van der Waals surface area (Å²) in [5.41, 5.74) is -1.52. The summed E-state index contributed by atoms with van der Waals surface area (Å²) in [5.74, 6) is -9.98. The standard InChI is InChI=1S/C11H12N2O3.C9H10N4O4.C9H14N2O4.C9H12N2O4.C9H14N2O4.C9H16N2O3.C8H12N2O4.C7H10N2O4/c1-2-12-8-5-3-4-6-9(8)13(11(12)16)7-10(14)15;1-2-12-7-6(10-4-11-7)8(16)13(9(12)17)3-5(14)15;1-4-11-8(15)10(5-6(12)13)7(14)9(11,2)3;1-3-10-4-6(2)8(14)11(9(10)15)5-7(12)13;1-2-7(12)10-3-4-11(6-9(14)15)8(13)5-10;1-7(2)5-10-3-4-11(9(10)14)6-8(12)13;1-2-10-6(11)3-4-9(8(10)14)5-7(12)13;1-2-8-3-5(10)9(7(8)13)4-6(11)12/h3-6H,2,7H2,1H3,(H,14,15);4H,2-3H2,1H3,(H,10,11)(H,14,15);4-5H2,1-3H3,(H,12,13);4H,3,5H2,1-2H3,(H,12,13);2-6H2,1H3,(H,14,15);7H,3-6H2,1-2H3,(H,12,13);2-5H2,1H3,(H,12,13);2-4H2,1H3,(H,11,12). The highest BCUT2D eigenvalue weighted by molar-refractivity contribution is 6.08. The Morgan fingerprint density at radius 3 is 1.35 bits per heavy atom. The maximum atomic E-state index is 11.9. The number of aryl methyl sites for hydroxylation is 4. The van der Waals surface area contributed by atoms with Gasteiger partial charge in [0.25, 0.3) is 22.9 Å². The minimum Gasteiger partial charge on any atom is -0.480 e. The average Bonchev–Trinajstić information content (AvgIpc) is 1.73. The van der Waals surface area contributed by atoms with E-state index in [4.69, 9.17) is 40.9 Å². The number of imide groups is 3. The lowest BCUT2D eigenvalue weighted by Gasteiger charge is -2.33. The van der Waals surface area contributed by atoms with Gasteiger partial charge in [-0.05, 0) is 80.4 Å². The third-order valence-electron chi connectivity index (χ3n) is 17.7. The first-order chi connectivity index (χ1) is 55.7. The topological polar surface area (TPSA) is 628 Å². The number of aromatic amines is 1. The number of carbonyl (C=O) groups excluding carboxylic acids is 9. The number of aliphatic carboxylic acids is 8. The quantitative estimate of drug-likeness (QED) is 0.0290. The Morgan fingerprint density at radius 1 is 0.437 bits per heavy atom. The van der Waals surface area contributed by atoms with Crippen molar-refractivity contribution in [1.29, 1.82) is 0 Å². The van der Waals surface area contributed by atoms with Crippen LogP contribution in [0.2, 0.25) is 0 Å². The molecule has 4 aromatic heterocycles. The van der Waals surface area contributed by atoms with Gasteiger partial charge in [0.1, 0.15) is 70.0 Å².